The molecule has 0 atom stereocenters. The Balaban J connectivity index is 2.54. The lowest BCUT2D eigenvalue weighted by atomic mass is 10.1. The number of rotatable bonds is 4. The molecule has 2 aromatic rings. The van der Waals surface area contributed by atoms with Crippen LogP contribution in [0.15, 0.2) is 35.5 Å². The highest BCUT2D eigenvalue weighted by molar-refractivity contribution is 7.89. The van der Waals surface area contributed by atoms with Crippen LogP contribution in [0, 0.1) is 0 Å². The van der Waals surface area contributed by atoms with Gasteiger partial charge >= 0.3 is 0 Å². The number of benzene rings is 1. The fraction of sp³-hybridized carbons (Fsp3) is 0.167. The van der Waals surface area contributed by atoms with Crippen LogP contribution in [0.2, 0.25) is 0 Å². The number of nitrogens with zero attached hydrogens (tertiary/aromatic N) is 2. The molecule has 0 aliphatic carbocycles. The van der Waals surface area contributed by atoms with Gasteiger partial charge < -0.3 is 10.5 Å². The Morgan fingerprint density at radius 3 is 2.45 bits per heavy atom. The third kappa shape index (κ3) is 2.70. The van der Waals surface area contributed by atoms with E-state index in [0.29, 0.717) is 16.9 Å². The van der Waals surface area contributed by atoms with Crippen molar-refractivity contribution in [2.24, 2.45) is 0 Å². The second kappa shape index (κ2) is 5.43. The van der Waals surface area contributed by atoms with Gasteiger partial charge in [-0.15, -0.1) is 0 Å². The molecule has 106 valence electrons. The first kappa shape index (κ1) is 14.2. The molecule has 0 saturated carbocycles. The summed E-state index contributed by atoms with van der Waals surface area (Å²) >= 11 is 0. The van der Waals surface area contributed by atoms with E-state index in [1.54, 1.807) is 18.5 Å². The summed E-state index contributed by atoms with van der Waals surface area (Å²) in [6.07, 6.45) is 3.10. The number of methoxy groups -OCH3 is 1. The van der Waals surface area contributed by atoms with E-state index in [2.05, 4.69) is 14.7 Å². The normalized spacial score (nSPS) is 11.3. The Bertz CT molecular complexity index is 714. The lowest BCUT2D eigenvalue weighted by Crippen LogP contribution is -2.18. The minimum atomic E-state index is -3.52. The molecule has 2 rings (SSSR count). The number of sulfonamides is 1. The molecule has 1 aromatic heterocycles. The molecule has 3 N–H and O–H groups in total. The summed E-state index contributed by atoms with van der Waals surface area (Å²) in [6.45, 7) is 0. The Kier molecular flexibility index (Phi) is 3.86. The summed E-state index contributed by atoms with van der Waals surface area (Å²) in [5.74, 6) is 0.580. The van der Waals surface area contributed by atoms with Crippen LogP contribution < -0.4 is 15.2 Å². The molecule has 8 heteroatoms. The van der Waals surface area contributed by atoms with E-state index in [4.69, 9.17) is 10.5 Å². The number of aromatic nitrogens is 2. The lowest BCUT2D eigenvalue weighted by molar-refractivity contribution is 0.415. The lowest BCUT2D eigenvalue weighted by Gasteiger charge is -2.10. The highest BCUT2D eigenvalue weighted by atomic mass is 32.2. The summed E-state index contributed by atoms with van der Waals surface area (Å²) in [4.78, 5) is 7.92. The third-order valence-corrected chi connectivity index (χ3v) is 4.15. The van der Waals surface area contributed by atoms with Crippen LogP contribution in [0.4, 0.5) is 5.95 Å². The highest BCUT2D eigenvalue weighted by Gasteiger charge is 2.15. The molecule has 0 fully saturated rings. The summed E-state index contributed by atoms with van der Waals surface area (Å²) in [5.41, 5.74) is 6.80. The van der Waals surface area contributed by atoms with Crippen LogP contribution in [0.25, 0.3) is 11.1 Å². The molecule has 20 heavy (non-hydrogen) atoms. The SMILES string of the molecule is CNS(=O)(=O)c1ccc(-c2cnc(N)nc2)c(OC)c1. The Hall–Kier alpha value is -2.19. The number of ether oxygens (including phenoxy) is 1. The zero-order valence-electron chi connectivity index (χ0n) is 11.0. The molecule has 0 amide bonds. The van der Waals surface area contributed by atoms with Gasteiger partial charge in [0.2, 0.25) is 16.0 Å². The van der Waals surface area contributed by atoms with Gasteiger partial charge in [-0.3, -0.25) is 0 Å². The fourth-order valence-electron chi connectivity index (χ4n) is 1.67. The van der Waals surface area contributed by atoms with E-state index in [-0.39, 0.29) is 10.8 Å². The minimum absolute atomic E-state index is 0.122. The molecule has 0 unspecified atom stereocenters. The van der Waals surface area contributed by atoms with Crippen molar-refractivity contribution in [2.75, 3.05) is 19.9 Å². The largest absolute Gasteiger partial charge is 0.496 e. The topological polar surface area (TPSA) is 107 Å². The quantitative estimate of drug-likeness (QED) is 0.857. The molecule has 1 heterocycles. The van der Waals surface area contributed by atoms with Crippen molar-refractivity contribution in [3.63, 3.8) is 0 Å². The average molecular weight is 294 g/mol. The van der Waals surface area contributed by atoms with Gasteiger partial charge in [-0.25, -0.2) is 23.1 Å². The Morgan fingerprint density at radius 1 is 1.25 bits per heavy atom. The second-order valence-electron chi connectivity index (χ2n) is 3.90. The average Bonchev–Trinajstić information content (AvgIpc) is 2.47. The van der Waals surface area contributed by atoms with Crippen LogP contribution in [0.5, 0.6) is 5.75 Å². The van der Waals surface area contributed by atoms with Gasteiger partial charge in [0, 0.05) is 29.6 Å². The van der Waals surface area contributed by atoms with Crippen molar-refractivity contribution in [2.45, 2.75) is 4.90 Å². The van der Waals surface area contributed by atoms with Gasteiger partial charge in [-0.1, -0.05) is 0 Å². The van der Waals surface area contributed by atoms with E-state index in [1.165, 1.54) is 26.3 Å². The maximum Gasteiger partial charge on any atom is 0.240 e. The van der Waals surface area contributed by atoms with E-state index in [0.717, 1.165) is 0 Å². The summed E-state index contributed by atoms with van der Waals surface area (Å²) in [5, 5.41) is 0. The maximum absolute atomic E-state index is 11.8. The van der Waals surface area contributed by atoms with Crippen molar-refractivity contribution < 1.29 is 13.2 Å². The van der Waals surface area contributed by atoms with Crippen LogP contribution >= 0.6 is 0 Å². The predicted molar refractivity (Wildman–Crippen MR) is 74.7 cm³/mol. The monoisotopic (exact) mass is 294 g/mol. The van der Waals surface area contributed by atoms with E-state index in [1.807, 2.05) is 0 Å². The first-order valence-electron chi connectivity index (χ1n) is 5.67. The van der Waals surface area contributed by atoms with Crippen molar-refractivity contribution in [1.82, 2.24) is 14.7 Å². The van der Waals surface area contributed by atoms with E-state index in [9.17, 15) is 8.42 Å². The van der Waals surface area contributed by atoms with Crippen LogP contribution in [0.3, 0.4) is 0 Å². The summed E-state index contributed by atoms with van der Waals surface area (Å²) in [6, 6.07) is 4.56. The zero-order chi connectivity index (χ0) is 14.8. The standard InChI is InChI=1S/C12H14N4O3S/c1-14-20(17,18)9-3-4-10(11(5-9)19-2)8-6-15-12(13)16-7-8/h3-7,14H,1-2H3,(H2,13,15,16). The van der Waals surface area contributed by atoms with Gasteiger partial charge in [0.05, 0.1) is 12.0 Å². The van der Waals surface area contributed by atoms with E-state index >= 15 is 0 Å². The molecule has 0 saturated heterocycles. The van der Waals surface area contributed by atoms with Gasteiger partial charge in [-0.2, -0.15) is 0 Å². The van der Waals surface area contributed by atoms with Crippen LogP contribution in [0.1, 0.15) is 0 Å². The van der Waals surface area contributed by atoms with Gasteiger partial charge in [0.1, 0.15) is 5.75 Å². The first-order chi connectivity index (χ1) is 9.47. The number of nitrogens with two attached hydrogens (primary N) is 1. The minimum Gasteiger partial charge on any atom is -0.496 e. The smallest absolute Gasteiger partial charge is 0.240 e. The second-order valence-corrected chi connectivity index (χ2v) is 5.79. The molecule has 1 aromatic carbocycles. The predicted octanol–water partition coefficient (Wildman–Crippen LogP) is 0.642. The highest BCUT2D eigenvalue weighted by Crippen LogP contribution is 2.31. The molecule has 0 bridgehead atoms. The first-order valence-corrected chi connectivity index (χ1v) is 7.15. The van der Waals surface area contributed by atoms with Gasteiger partial charge in [0.25, 0.3) is 0 Å². The van der Waals surface area contributed by atoms with Gasteiger partial charge in [0.15, 0.2) is 0 Å². The molecule has 7 nitrogen and oxygen atoms in total. The number of anilines is 1. The van der Waals surface area contributed by atoms with Gasteiger partial charge in [-0.05, 0) is 19.2 Å². The fourth-order valence-corrected chi connectivity index (χ4v) is 2.42. The van der Waals surface area contributed by atoms with Crippen molar-refractivity contribution in [1.29, 1.82) is 0 Å². The van der Waals surface area contributed by atoms with Crippen LogP contribution in [-0.2, 0) is 10.0 Å². The van der Waals surface area contributed by atoms with E-state index < -0.39 is 10.0 Å². The molecule has 0 radical (unpaired) electrons. The molecule has 0 aliphatic heterocycles. The Labute approximate surface area is 116 Å². The molecular weight excluding hydrogens is 280 g/mol. The zero-order valence-corrected chi connectivity index (χ0v) is 11.8. The third-order valence-electron chi connectivity index (χ3n) is 2.73. The van der Waals surface area contributed by atoms with Crippen molar-refractivity contribution >= 4 is 16.0 Å². The molecule has 0 aliphatic rings. The Morgan fingerprint density at radius 2 is 1.90 bits per heavy atom. The molecule has 0 spiro atoms. The number of nitrogen functional groups attached to an aromatic ring is 1. The summed E-state index contributed by atoms with van der Waals surface area (Å²) in [7, 11) is -0.702. The maximum atomic E-state index is 11.8. The number of nitrogens with one attached hydrogen (secondary N) is 1. The number of hydrogen-bond acceptors (Lipinski definition) is 6. The van der Waals surface area contributed by atoms with Crippen molar-refractivity contribution in [3.8, 4) is 16.9 Å². The van der Waals surface area contributed by atoms with Crippen LogP contribution in [-0.4, -0.2) is 32.5 Å². The van der Waals surface area contributed by atoms with Crippen molar-refractivity contribution in [3.05, 3.63) is 30.6 Å². The number of hydrogen-bond donors (Lipinski definition) is 2. The molecular formula is C12H14N4O3S. The summed E-state index contributed by atoms with van der Waals surface area (Å²) < 4.78 is 31.0.